The predicted molar refractivity (Wildman–Crippen MR) is 143 cm³/mol. The molecule has 7 heteroatoms. The first-order valence-electron chi connectivity index (χ1n) is 13.7. The Balaban J connectivity index is 1.42. The van der Waals surface area contributed by atoms with Crippen LogP contribution in [0.2, 0.25) is 0 Å². The summed E-state index contributed by atoms with van der Waals surface area (Å²) in [6.07, 6.45) is 6.73. The van der Waals surface area contributed by atoms with Crippen LogP contribution in [-0.4, -0.2) is 68.1 Å². The molecule has 37 heavy (non-hydrogen) atoms. The third kappa shape index (κ3) is 4.81. The average molecular weight is 506 g/mol. The Kier molecular flexibility index (Phi) is 7.70. The molecule has 0 spiro atoms. The van der Waals surface area contributed by atoms with Crippen molar-refractivity contribution in [1.82, 2.24) is 15.1 Å². The zero-order valence-electron chi connectivity index (χ0n) is 22.3. The maximum absolute atomic E-state index is 13.9. The molecule has 0 unspecified atom stereocenters. The van der Waals surface area contributed by atoms with Gasteiger partial charge in [0.05, 0.1) is 26.2 Å². The number of fused-ring (bicyclic) bond motifs is 4. The van der Waals surface area contributed by atoms with Gasteiger partial charge in [-0.2, -0.15) is 0 Å². The van der Waals surface area contributed by atoms with Gasteiger partial charge in [-0.05, 0) is 67.5 Å². The molecular formula is C30H39N3O4. The fourth-order valence-corrected chi connectivity index (χ4v) is 6.55. The quantitative estimate of drug-likeness (QED) is 0.542. The molecule has 2 aromatic rings. The molecule has 1 N–H and O–H groups in total. The molecule has 0 radical (unpaired) electrons. The monoisotopic (exact) mass is 505 g/mol. The van der Waals surface area contributed by atoms with Crippen LogP contribution < -0.4 is 14.8 Å². The van der Waals surface area contributed by atoms with Gasteiger partial charge < -0.3 is 24.6 Å². The lowest BCUT2D eigenvalue weighted by Gasteiger charge is -2.45. The summed E-state index contributed by atoms with van der Waals surface area (Å²) in [4.78, 5) is 32.1. The Bertz CT molecular complexity index is 1150. The first kappa shape index (κ1) is 25.6. The third-order valence-electron chi connectivity index (χ3n) is 8.45. The highest BCUT2D eigenvalue weighted by atomic mass is 16.5. The predicted octanol–water partition coefficient (Wildman–Crippen LogP) is 4.31. The molecule has 198 valence electrons. The van der Waals surface area contributed by atoms with E-state index in [-0.39, 0.29) is 17.9 Å². The number of nitrogens with one attached hydrogen (secondary N) is 1. The Labute approximate surface area is 220 Å². The van der Waals surface area contributed by atoms with E-state index in [2.05, 4.69) is 29.3 Å². The molecule has 3 aliphatic rings. The second-order valence-electron chi connectivity index (χ2n) is 10.4. The van der Waals surface area contributed by atoms with Crippen LogP contribution in [-0.2, 0) is 11.2 Å². The van der Waals surface area contributed by atoms with Crippen molar-refractivity contribution in [2.45, 2.75) is 63.5 Å². The first-order chi connectivity index (χ1) is 18.1. The lowest BCUT2D eigenvalue weighted by Crippen LogP contribution is -2.50. The summed E-state index contributed by atoms with van der Waals surface area (Å²) < 4.78 is 11.1. The summed E-state index contributed by atoms with van der Waals surface area (Å²) in [7, 11) is 3.14. The maximum Gasteiger partial charge on any atom is 0.254 e. The van der Waals surface area contributed by atoms with E-state index in [4.69, 9.17) is 9.47 Å². The van der Waals surface area contributed by atoms with Crippen molar-refractivity contribution >= 4 is 11.8 Å². The highest BCUT2D eigenvalue weighted by molar-refractivity contribution is 6.02. The number of hydrogen-bond donors (Lipinski definition) is 1. The summed E-state index contributed by atoms with van der Waals surface area (Å²) in [5.74, 6) is 0.401. The van der Waals surface area contributed by atoms with Crippen LogP contribution in [0.1, 0.15) is 78.0 Å². The van der Waals surface area contributed by atoms with Crippen molar-refractivity contribution in [2.24, 2.45) is 0 Å². The normalized spacial score (nSPS) is 23.1. The molecule has 0 aliphatic carbocycles. The van der Waals surface area contributed by atoms with Gasteiger partial charge in [0, 0.05) is 31.2 Å². The van der Waals surface area contributed by atoms with Crippen molar-refractivity contribution in [3.8, 4) is 11.5 Å². The molecule has 1 saturated heterocycles. The van der Waals surface area contributed by atoms with Crippen molar-refractivity contribution in [2.75, 3.05) is 40.4 Å². The van der Waals surface area contributed by atoms with Crippen molar-refractivity contribution in [3.63, 3.8) is 0 Å². The number of nitrogens with zero attached hydrogens (tertiary/aromatic N) is 2. The van der Waals surface area contributed by atoms with Crippen LogP contribution >= 0.6 is 0 Å². The number of methoxy groups -OCH3 is 2. The van der Waals surface area contributed by atoms with Crippen LogP contribution in [0, 0.1) is 0 Å². The van der Waals surface area contributed by atoms with Gasteiger partial charge in [0.1, 0.15) is 0 Å². The highest BCUT2D eigenvalue weighted by Crippen LogP contribution is 2.48. The molecule has 2 amide bonds. The molecular weight excluding hydrogens is 466 g/mol. The van der Waals surface area contributed by atoms with Gasteiger partial charge in [-0.25, -0.2) is 0 Å². The molecule has 3 atom stereocenters. The molecule has 0 bridgehead atoms. The largest absolute Gasteiger partial charge is 0.493 e. The SMILES string of the molecule is CC[C@@H]1CCCCN1CCCNC(=O)[C@@H]1c2cc(OC)c(OC)cc2C(=O)N2CCc3ccccc3[C@@H]12. The Morgan fingerprint density at radius 1 is 1.05 bits per heavy atom. The van der Waals surface area contributed by atoms with E-state index < -0.39 is 5.92 Å². The minimum absolute atomic E-state index is 0.0432. The summed E-state index contributed by atoms with van der Waals surface area (Å²) in [6, 6.07) is 12.1. The standard InChI is InChI=1S/C30H39N3O4/c1-4-21-11-7-8-15-32(21)16-9-14-31-29(34)27-23-18-25(36-2)26(37-3)19-24(23)30(35)33-17-13-20-10-5-6-12-22(20)28(27)33/h5-6,10,12,18-19,21,27-28H,4,7-9,11,13-17H2,1-3H3,(H,31,34)/t21-,27-,28+/m1/s1. The summed E-state index contributed by atoms with van der Waals surface area (Å²) in [6.45, 7) is 5.63. The minimum atomic E-state index is -0.521. The van der Waals surface area contributed by atoms with E-state index in [0.717, 1.165) is 31.5 Å². The van der Waals surface area contributed by atoms with E-state index in [1.54, 1.807) is 20.3 Å². The Hall–Kier alpha value is -3.06. The van der Waals surface area contributed by atoms with Gasteiger partial charge in [0.15, 0.2) is 11.5 Å². The van der Waals surface area contributed by atoms with E-state index in [9.17, 15) is 9.59 Å². The third-order valence-corrected chi connectivity index (χ3v) is 8.45. The number of hydrogen-bond acceptors (Lipinski definition) is 5. The van der Waals surface area contributed by atoms with Gasteiger partial charge in [-0.1, -0.05) is 37.6 Å². The zero-order chi connectivity index (χ0) is 25.9. The number of carbonyl (C=O) groups is 2. The number of amides is 2. The highest BCUT2D eigenvalue weighted by Gasteiger charge is 2.46. The number of rotatable bonds is 8. The topological polar surface area (TPSA) is 71.1 Å². The van der Waals surface area contributed by atoms with Crippen LogP contribution in [0.5, 0.6) is 11.5 Å². The van der Waals surface area contributed by atoms with Crippen molar-refractivity contribution < 1.29 is 19.1 Å². The van der Waals surface area contributed by atoms with Crippen molar-refractivity contribution in [3.05, 3.63) is 58.7 Å². The van der Waals surface area contributed by atoms with Crippen LogP contribution in [0.3, 0.4) is 0 Å². The number of piperidine rings is 1. The first-order valence-corrected chi connectivity index (χ1v) is 13.7. The number of carbonyl (C=O) groups excluding carboxylic acids is 2. The fourth-order valence-electron chi connectivity index (χ4n) is 6.55. The Morgan fingerprint density at radius 2 is 1.84 bits per heavy atom. The lowest BCUT2D eigenvalue weighted by atomic mass is 9.75. The smallest absolute Gasteiger partial charge is 0.254 e. The summed E-state index contributed by atoms with van der Waals surface area (Å²) >= 11 is 0. The van der Waals surface area contributed by atoms with Gasteiger partial charge in [-0.3, -0.25) is 9.59 Å². The second kappa shape index (κ2) is 11.1. The molecule has 3 aliphatic heterocycles. The van der Waals surface area contributed by atoms with Crippen LogP contribution in [0.25, 0.3) is 0 Å². The summed E-state index contributed by atoms with van der Waals surface area (Å²) in [5, 5.41) is 3.23. The molecule has 0 aromatic heterocycles. The van der Waals surface area contributed by atoms with E-state index >= 15 is 0 Å². The molecule has 0 saturated carbocycles. The average Bonchev–Trinajstić information content (AvgIpc) is 2.94. The van der Waals surface area contributed by atoms with Gasteiger partial charge in [-0.15, -0.1) is 0 Å². The number of benzene rings is 2. The lowest BCUT2D eigenvalue weighted by molar-refractivity contribution is -0.124. The zero-order valence-corrected chi connectivity index (χ0v) is 22.3. The van der Waals surface area contributed by atoms with Gasteiger partial charge in [0.2, 0.25) is 5.91 Å². The van der Waals surface area contributed by atoms with Crippen LogP contribution in [0.4, 0.5) is 0 Å². The minimum Gasteiger partial charge on any atom is -0.493 e. The van der Waals surface area contributed by atoms with Gasteiger partial charge in [0.25, 0.3) is 5.91 Å². The fraction of sp³-hybridized carbons (Fsp3) is 0.533. The molecule has 7 nitrogen and oxygen atoms in total. The van der Waals surface area contributed by atoms with Crippen molar-refractivity contribution in [1.29, 1.82) is 0 Å². The van der Waals surface area contributed by atoms with E-state index in [1.807, 2.05) is 23.1 Å². The molecule has 1 fully saturated rings. The van der Waals surface area contributed by atoms with Gasteiger partial charge >= 0.3 is 0 Å². The molecule has 2 aromatic carbocycles. The molecule has 3 heterocycles. The van der Waals surface area contributed by atoms with Crippen LogP contribution in [0.15, 0.2) is 36.4 Å². The maximum atomic E-state index is 13.9. The second-order valence-corrected chi connectivity index (χ2v) is 10.4. The number of ether oxygens (including phenoxy) is 2. The Morgan fingerprint density at radius 3 is 2.62 bits per heavy atom. The summed E-state index contributed by atoms with van der Waals surface area (Å²) in [5.41, 5.74) is 3.49. The van der Waals surface area contributed by atoms with E-state index in [1.165, 1.54) is 31.2 Å². The van der Waals surface area contributed by atoms with E-state index in [0.29, 0.717) is 41.8 Å². The number of likely N-dealkylation sites (tertiary alicyclic amines) is 1. The molecule has 5 rings (SSSR count).